The molecule has 0 N–H and O–H groups in total. The molecule has 206 valence electrons. The molecule has 0 unspecified atom stereocenters. The van der Waals surface area contributed by atoms with Crippen molar-refractivity contribution in [2.24, 2.45) is 0 Å². The molecule has 0 radical (unpaired) electrons. The molecule has 1 amide bonds. The van der Waals surface area contributed by atoms with Crippen molar-refractivity contribution in [3.8, 4) is 11.4 Å². The van der Waals surface area contributed by atoms with Crippen molar-refractivity contribution >= 4 is 11.6 Å². The summed E-state index contributed by atoms with van der Waals surface area (Å²) in [6.07, 6.45) is 0. The molecular formula is C31H33N5O4. The van der Waals surface area contributed by atoms with E-state index in [-0.39, 0.29) is 18.2 Å². The van der Waals surface area contributed by atoms with Crippen LogP contribution in [0.1, 0.15) is 38.4 Å². The van der Waals surface area contributed by atoms with Crippen LogP contribution in [0.5, 0.6) is 5.75 Å². The number of nitro groups is 1. The van der Waals surface area contributed by atoms with Crippen LogP contribution in [0.3, 0.4) is 0 Å². The zero-order chi connectivity index (χ0) is 28.2. The van der Waals surface area contributed by atoms with Gasteiger partial charge in [-0.15, -0.1) is 0 Å². The number of aryl methyl sites for hydroxylation is 2. The third kappa shape index (κ3) is 5.89. The SMILES string of the molecule is Cc1cc(OCc2cccc(C(=O)N3CCN(Cc4c(C)nn(-c5ccccc5)c4C)CC3)c2)ccc1[N+](=O)[O-]. The highest BCUT2D eigenvalue weighted by Crippen LogP contribution is 2.24. The fourth-order valence-corrected chi connectivity index (χ4v) is 5.12. The first-order chi connectivity index (χ1) is 19.3. The number of hydrogen-bond acceptors (Lipinski definition) is 6. The smallest absolute Gasteiger partial charge is 0.272 e. The second kappa shape index (κ2) is 11.7. The van der Waals surface area contributed by atoms with Gasteiger partial charge in [0, 0.05) is 61.2 Å². The number of piperazine rings is 1. The third-order valence-corrected chi connectivity index (χ3v) is 7.43. The summed E-state index contributed by atoms with van der Waals surface area (Å²) in [4.78, 5) is 28.2. The fourth-order valence-electron chi connectivity index (χ4n) is 5.12. The molecule has 0 bridgehead atoms. The van der Waals surface area contributed by atoms with E-state index >= 15 is 0 Å². The monoisotopic (exact) mass is 539 g/mol. The highest BCUT2D eigenvalue weighted by atomic mass is 16.6. The van der Waals surface area contributed by atoms with Crippen molar-refractivity contribution < 1.29 is 14.5 Å². The van der Waals surface area contributed by atoms with Gasteiger partial charge in [-0.25, -0.2) is 4.68 Å². The standard InChI is InChI=1S/C31H33N5O4/c1-22-18-28(12-13-30(22)36(38)39)40-21-25-8-7-9-26(19-25)31(37)34-16-14-33(15-17-34)20-29-23(2)32-35(24(29)3)27-10-5-4-6-11-27/h4-13,18-19H,14-17,20-21H2,1-3H3. The van der Waals surface area contributed by atoms with Crippen molar-refractivity contribution in [2.45, 2.75) is 33.9 Å². The van der Waals surface area contributed by atoms with Gasteiger partial charge in [-0.2, -0.15) is 5.10 Å². The number of nitrogens with zero attached hydrogens (tertiary/aromatic N) is 5. The van der Waals surface area contributed by atoms with Crippen molar-refractivity contribution in [1.82, 2.24) is 19.6 Å². The van der Waals surface area contributed by atoms with Crippen LogP contribution in [0.2, 0.25) is 0 Å². The number of ether oxygens (including phenoxy) is 1. The number of para-hydroxylation sites is 1. The predicted octanol–water partition coefficient (Wildman–Crippen LogP) is 5.24. The van der Waals surface area contributed by atoms with E-state index in [1.54, 1.807) is 19.1 Å². The van der Waals surface area contributed by atoms with Crippen molar-refractivity contribution in [1.29, 1.82) is 0 Å². The zero-order valence-corrected chi connectivity index (χ0v) is 23.0. The lowest BCUT2D eigenvalue weighted by Crippen LogP contribution is -2.48. The number of amides is 1. The Kier molecular flexibility index (Phi) is 7.93. The summed E-state index contributed by atoms with van der Waals surface area (Å²) < 4.78 is 7.85. The summed E-state index contributed by atoms with van der Waals surface area (Å²) in [6.45, 7) is 9.83. The Hall–Kier alpha value is -4.50. The lowest BCUT2D eigenvalue weighted by atomic mass is 10.1. The minimum atomic E-state index is -0.407. The van der Waals surface area contributed by atoms with Gasteiger partial charge in [-0.3, -0.25) is 19.8 Å². The van der Waals surface area contributed by atoms with E-state index in [2.05, 4.69) is 30.9 Å². The second-order valence-corrected chi connectivity index (χ2v) is 10.2. The summed E-state index contributed by atoms with van der Waals surface area (Å²) in [5.41, 5.74) is 6.56. The fraction of sp³-hybridized carbons (Fsp3) is 0.290. The Morgan fingerprint density at radius 2 is 1.70 bits per heavy atom. The molecule has 2 heterocycles. The minimum absolute atomic E-state index is 0.0111. The van der Waals surface area contributed by atoms with Crippen LogP contribution in [-0.4, -0.2) is 56.6 Å². The summed E-state index contributed by atoms with van der Waals surface area (Å²) in [6, 6.07) is 22.3. The molecule has 4 aromatic rings. The summed E-state index contributed by atoms with van der Waals surface area (Å²) in [5, 5.41) is 15.8. The van der Waals surface area contributed by atoms with Gasteiger partial charge < -0.3 is 9.64 Å². The Labute approximate surface area is 233 Å². The molecule has 0 saturated carbocycles. The summed E-state index contributed by atoms with van der Waals surface area (Å²) in [7, 11) is 0. The molecule has 0 spiro atoms. The van der Waals surface area contributed by atoms with E-state index in [1.807, 2.05) is 52.0 Å². The number of hydrogen-bond donors (Lipinski definition) is 0. The number of benzene rings is 3. The topological polar surface area (TPSA) is 93.7 Å². The first-order valence-corrected chi connectivity index (χ1v) is 13.4. The molecule has 40 heavy (non-hydrogen) atoms. The van der Waals surface area contributed by atoms with E-state index in [1.165, 1.54) is 11.6 Å². The van der Waals surface area contributed by atoms with Crippen molar-refractivity contribution in [2.75, 3.05) is 26.2 Å². The van der Waals surface area contributed by atoms with E-state index < -0.39 is 4.92 Å². The van der Waals surface area contributed by atoms with Gasteiger partial charge in [0.25, 0.3) is 11.6 Å². The lowest BCUT2D eigenvalue weighted by molar-refractivity contribution is -0.385. The highest BCUT2D eigenvalue weighted by Gasteiger charge is 2.24. The number of aromatic nitrogens is 2. The van der Waals surface area contributed by atoms with Crippen LogP contribution in [-0.2, 0) is 13.2 Å². The molecular weight excluding hydrogens is 506 g/mol. The predicted molar refractivity (Wildman–Crippen MR) is 153 cm³/mol. The van der Waals surface area contributed by atoms with Crippen LogP contribution in [0.15, 0.2) is 72.8 Å². The van der Waals surface area contributed by atoms with Crippen molar-refractivity contribution in [3.05, 3.63) is 117 Å². The number of carbonyl (C=O) groups excluding carboxylic acids is 1. The maximum atomic E-state index is 13.3. The molecule has 1 fully saturated rings. The molecule has 1 aliphatic rings. The number of carbonyl (C=O) groups is 1. The van der Waals surface area contributed by atoms with Crippen molar-refractivity contribution in [3.63, 3.8) is 0 Å². The van der Waals surface area contributed by atoms with Gasteiger partial charge in [-0.1, -0.05) is 30.3 Å². The number of nitro benzene ring substituents is 1. The van der Waals surface area contributed by atoms with E-state index in [4.69, 9.17) is 9.84 Å². The summed E-state index contributed by atoms with van der Waals surface area (Å²) >= 11 is 0. The first-order valence-electron chi connectivity index (χ1n) is 13.4. The first kappa shape index (κ1) is 27.1. The van der Waals surface area contributed by atoms with Crippen LogP contribution in [0.4, 0.5) is 5.69 Å². The maximum Gasteiger partial charge on any atom is 0.272 e. The molecule has 3 aromatic carbocycles. The van der Waals surface area contributed by atoms with Gasteiger partial charge in [0.05, 0.1) is 16.3 Å². The van der Waals surface area contributed by atoms with Crippen LogP contribution < -0.4 is 4.74 Å². The average molecular weight is 540 g/mol. The van der Waals surface area contributed by atoms with Crippen LogP contribution in [0.25, 0.3) is 5.69 Å². The summed E-state index contributed by atoms with van der Waals surface area (Å²) in [5.74, 6) is 0.563. The molecule has 0 atom stereocenters. The number of rotatable bonds is 8. The Morgan fingerprint density at radius 3 is 2.40 bits per heavy atom. The zero-order valence-electron chi connectivity index (χ0n) is 23.0. The molecule has 9 heteroatoms. The van der Waals surface area contributed by atoms with E-state index in [0.717, 1.165) is 42.3 Å². The molecule has 5 rings (SSSR count). The van der Waals surface area contributed by atoms with Gasteiger partial charge in [0.15, 0.2) is 0 Å². The molecule has 1 aromatic heterocycles. The molecule has 9 nitrogen and oxygen atoms in total. The average Bonchev–Trinajstić information content (AvgIpc) is 3.25. The van der Waals surface area contributed by atoms with Crippen LogP contribution in [0, 0.1) is 30.9 Å². The normalized spacial score (nSPS) is 13.8. The molecule has 1 saturated heterocycles. The van der Waals surface area contributed by atoms with E-state index in [0.29, 0.717) is 30.0 Å². The molecule has 0 aliphatic carbocycles. The Bertz CT molecular complexity index is 1520. The van der Waals surface area contributed by atoms with Gasteiger partial charge >= 0.3 is 0 Å². The van der Waals surface area contributed by atoms with Gasteiger partial charge in [0.2, 0.25) is 0 Å². The Morgan fingerprint density at radius 1 is 0.950 bits per heavy atom. The quantitative estimate of drug-likeness (QED) is 0.225. The van der Waals surface area contributed by atoms with Gasteiger partial charge in [0.1, 0.15) is 12.4 Å². The highest BCUT2D eigenvalue weighted by molar-refractivity contribution is 5.94. The third-order valence-electron chi connectivity index (χ3n) is 7.43. The molecule has 1 aliphatic heterocycles. The Balaban J connectivity index is 1.17. The second-order valence-electron chi connectivity index (χ2n) is 10.2. The lowest BCUT2D eigenvalue weighted by Gasteiger charge is -2.35. The maximum absolute atomic E-state index is 13.3. The van der Waals surface area contributed by atoms with Crippen LogP contribution >= 0.6 is 0 Å². The largest absolute Gasteiger partial charge is 0.489 e. The van der Waals surface area contributed by atoms with E-state index in [9.17, 15) is 14.9 Å². The van der Waals surface area contributed by atoms with Gasteiger partial charge in [-0.05, 0) is 62.7 Å². The minimum Gasteiger partial charge on any atom is -0.489 e.